The second-order valence-electron chi connectivity index (χ2n) is 5.50. The number of benzene rings is 2. The summed E-state index contributed by atoms with van der Waals surface area (Å²) in [4.78, 5) is 4.79. The van der Waals surface area contributed by atoms with Gasteiger partial charge in [0.05, 0.1) is 25.4 Å². The Kier molecular flexibility index (Phi) is 3.82. The fraction of sp³-hybridized carbons (Fsp3) is 0.211. The molecule has 23 heavy (non-hydrogen) atoms. The molecule has 4 heteroatoms. The number of nitrogens with zero attached hydrogens (tertiary/aromatic N) is 1. The zero-order valence-corrected chi connectivity index (χ0v) is 13.7. The molecule has 1 N–H and O–H groups in total. The summed E-state index contributed by atoms with van der Waals surface area (Å²) < 4.78 is 10.8. The lowest BCUT2D eigenvalue weighted by Gasteiger charge is -2.13. The van der Waals surface area contributed by atoms with Crippen LogP contribution < -0.4 is 9.47 Å². The summed E-state index contributed by atoms with van der Waals surface area (Å²) in [5.74, 6) is 1.67. The first kappa shape index (κ1) is 15.2. The molecule has 0 aliphatic carbocycles. The van der Waals surface area contributed by atoms with Crippen LogP contribution in [0.2, 0.25) is 0 Å². The average Bonchev–Trinajstić information content (AvgIpc) is 2.55. The van der Waals surface area contributed by atoms with Gasteiger partial charge in [0.1, 0.15) is 17.2 Å². The van der Waals surface area contributed by atoms with Gasteiger partial charge in [0, 0.05) is 16.5 Å². The highest BCUT2D eigenvalue weighted by atomic mass is 16.5. The van der Waals surface area contributed by atoms with E-state index in [0.717, 1.165) is 39.0 Å². The Hall–Kier alpha value is -2.75. The van der Waals surface area contributed by atoms with Crippen molar-refractivity contribution in [2.45, 2.75) is 13.8 Å². The first-order valence-electron chi connectivity index (χ1n) is 7.37. The highest BCUT2D eigenvalue weighted by molar-refractivity contribution is 5.89. The van der Waals surface area contributed by atoms with Gasteiger partial charge in [-0.1, -0.05) is 0 Å². The number of phenols is 1. The Morgan fingerprint density at radius 2 is 1.61 bits per heavy atom. The van der Waals surface area contributed by atoms with Gasteiger partial charge >= 0.3 is 0 Å². The van der Waals surface area contributed by atoms with Gasteiger partial charge in [-0.3, -0.25) is 0 Å². The third kappa shape index (κ3) is 2.57. The minimum absolute atomic E-state index is 0.183. The van der Waals surface area contributed by atoms with Gasteiger partial charge in [0.2, 0.25) is 0 Å². The van der Waals surface area contributed by atoms with E-state index < -0.39 is 0 Å². The number of rotatable bonds is 3. The molecule has 1 aromatic heterocycles. The van der Waals surface area contributed by atoms with Gasteiger partial charge in [-0.15, -0.1) is 0 Å². The van der Waals surface area contributed by atoms with Crippen LogP contribution in [0, 0.1) is 13.8 Å². The Bertz CT molecular complexity index is 887. The van der Waals surface area contributed by atoms with E-state index in [-0.39, 0.29) is 5.75 Å². The molecule has 0 saturated carbocycles. The van der Waals surface area contributed by atoms with Gasteiger partial charge in [0.25, 0.3) is 0 Å². The van der Waals surface area contributed by atoms with E-state index in [0.29, 0.717) is 5.75 Å². The van der Waals surface area contributed by atoms with Crippen molar-refractivity contribution in [2.24, 2.45) is 0 Å². The summed E-state index contributed by atoms with van der Waals surface area (Å²) in [5, 5.41) is 10.9. The summed E-state index contributed by atoms with van der Waals surface area (Å²) >= 11 is 0. The van der Waals surface area contributed by atoms with Crippen LogP contribution in [0.3, 0.4) is 0 Å². The molecule has 0 aliphatic heterocycles. The van der Waals surface area contributed by atoms with Gasteiger partial charge in [-0.05, 0) is 55.8 Å². The van der Waals surface area contributed by atoms with Crippen LogP contribution in [0.4, 0.5) is 0 Å². The van der Waals surface area contributed by atoms with Crippen LogP contribution in [0.15, 0.2) is 36.4 Å². The third-order valence-electron chi connectivity index (χ3n) is 4.07. The van der Waals surface area contributed by atoms with Crippen molar-refractivity contribution >= 4 is 10.9 Å². The lowest BCUT2D eigenvalue weighted by molar-refractivity contribution is 0.412. The average molecular weight is 309 g/mol. The Labute approximate surface area is 135 Å². The van der Waals surface area contributed by atoms with Crippen LogP contribution in [0.25, 0.3) is 22.2 Å². The smallest absolute Gasteiger partial charge is 0.128 e. The van der Waals surface area contributed by atoms with Crippen molar-refractivity contribution < 1.29 is 14.6 Å². The molecule has 1 heterocycles. The number of hydrogen-bond donors (Lipinski definition) is 1. The minimum Gasteiger partial charge on any atom is -0.508 e. The van der Waals surface area contributed by atoms with Crippen molar-refractivity contribution in [1.82, 2.24) is 4.98 Å². The molecule has 0 aliphatic rings. The molecular formula is C19H19NO3. The largest absolute Gasteiger partial charge is 0.508 e. The van der Waals surface area contributed by atoms with Crippen LogP contribution in [-0.4, -0.2) is 24.3 Å². The maximum Gasteiger partial charge on any atom is 0.128 e. The Morgan fingerprint density at radius 1 is 0.913 bits per heavy atom. The van der Waals surface area contributed by atoms with Crippen molar-refractivity contribution in [2.75, 3.05) is 14.2 Å². The van der Waals surface area contributed by atoms with Crippen molar-refractivity contribution in [3.05, 3.63) is 47.5 Å². The molecule has 118 valence electrons. The number of aromatic nitrogens is 1. The van der Waals surface area contributed by atoms with Crippen LogP contribution in [0.1, 0.15) is 11.1 Å². The van der Waals surface area contributed by atoms with Gasteiger partial charge in [0.15, 0.2) is 0 Å². The molecule has 0 saturated heterocycles. The number of fused-ring (bicyclic) bond motifs is 1. The second kappa shape index (κ2) is 5.80. The van der Waals surface area contributed by atoms with E-state index in [9.17, 15) is 5.11 Å². The molecule has 0 atom stereocenters. The van der Waals surface area contributed by atoms with Gasteiger partial charge in [-0.2, -0.15) is 0 Å². The van der Waals surface area contributed by atoms with E-state index >= 15 is 0 Å². The van der Waals surface area contributed by atoms with Crippen LogP contribution in [-0.2, 0) is 0 Å². The van der Waals surface area contributed by atoms with E-state index in [2.05, 4.69) is 6.92 Å². The Balaban J connectivity index is 2.31. The van der Waals surface area contributed by atoms with Crippen molar-refractivity contribution in [1.29, 1.82) is 0 Å². The van der Waals surface area contributed by atoms with Crippen LogP contribution >= 0.6 is 0 Å². The topological polar surface area (TPSA) is 51.6 Å². The monoisotopic (exact) mass is 309 g/mol. The normalized spacial score (nSPS) is 10.8. The quantitative estimate of drug-likeness (QED) is 0.786. The SMILES string of the molecule is COc1ccc(O)cc1-c1cc(C)c2ccc(OC)c(C)c2n1. The summed E-state index contributed by atoms with van der Waals surface area (Å²) in [6, 6.07) is 11.0. The lowest BCUT2D eigenvalue weighted by atomic mass is 10.0. The summed E-state index contributed by atoms with van der Waals surface area (Å²) in [6.45, 7) is 4.05. The van der Waals surface area contributed by atoms with E-state index in [1.165, 1.54) is 0 Å². The number of ether oxygens (including phenoxy) is 2. The number of phenolic OH excluding ortho intramolecular Hbond substituents is 1. The van der Waals surface area contributed by atoms with Crippen molar-refractivity contribution in [3.8, 4) is 28.5 Å². The van der Waals surface area contributed by atoms with Gasteiger partial charge in [-0.25, -0.2) is 4.98 Å². The fourth-order valence-electron chi connectivity index (χ4n) is 2.83. The Morgan fingerprint density at radius 3 is 2.30 bits per heavy atom. The number of pyridine rings is 1. The maximum atomic E-state index is 9.81. The standard InChI is InChI=1S/C19H19NO3/c1-11-9-16(15-10-13(21)5-7-18(15)23-4)20-19-12(2)17(22-3)8-6-14(11)19/h5-10,21H,1-4H3. The van der Waals surface area contributed by atoms with Crippen molar-refractivity contribution in [3.63, 3.8) is 0 Å². The highest BCUT2D eigenvalue weighted by Crippen LogP contribution is 2.35. The number of aryl methyl sites for hydroxylation is 2. The van der Waals surface area contributed by atoms with Crippen LogP contribution in [0.5, 0.6) is 17.2 Å². The molecule has 0 bridgehead atoms. The molecule has 2 aromatic carbocycles. The first-order chi connectivity index (χ1) is 11.0. The van der Waals surface area contributed by atoms with Gasteiger partial charge < -0.3 is 14.6 Å². The predicted molar refractivity (Wildman–Crippen MR) is 91.4 cm³/mol. The summed E-state index contributed by atoms with van der Waals surface area (Å²) in [7, 11) is 3.27. The third-order valence-corrected chi connectivity index (χ3v) is 4.07. The lowest BCUT2D eigenvalue weighted by Crippen LogP contribution is -1.95. The molecular weight excluding hydrogens is 290 g/mol. The van der Waals surface area contributed by atoms with E-state index in [1.54, 1.807) is 32.4 Å². The zero-order chi connectivity index (χ0) is 16.6. The first-order valence-corrected chi connectivity index (χ1v) is 7.37. The second-order valence-corrected chi connectivity index (χ2v) is 5.50. The number of aromatic hydroxyl groups is 1. The molecule has 3 rings (SSSR count). The summed E-state index contributed by atoms with van der Waals surface area (Å²) in [6.07, 6.45) is 0. The molecule has 0 radical (unpaired) electrons. The molecule has 0 amide bonds. The zero-order valence-electron chi connectivity index (χ0n) is 13.7. The number of hydrogen-bond acceptors (Lipinski definition) is 4. The molecule has 0 fully saturated rings. The number of methoxy groups -OCH3 is 2. The fourth-order valence-corrected chi connectivity index (χ4v) is 2.83. The minimum atomic E-state index is 0.183. The predicted octanol–water partition coefficient (Wildman–Crippen LogP) is 4.24. The maximum absolute atomic E-state index is 9.81. The highest BCUT2D eigenvalue weighted by Gasteiger charge is 2.13. The molecule has 0 spiro atoms. The summed E-state index contributed by atoms with van der Waals surface area (Å²) in [5.41, 5.74) is 4.53. The van der Waals surface area contributed by atoms with E-state index in [4.69, 9.17) is 14.5 Å². The molecule has 4 nitrogen and oxygen atoms in total. The molecule has 3 aromatic rings. The van der Waals surface area contributed by atoms with E-state index in [1.807, 2.05) is 25.1 Å². The molecule has 0 unspecified atom stereocenters.